The third-order valence-corrected chi connectivity index (χ3v) is 2.51. The Morgan fingerprint density at radius 1 is 1.41 bits per heavy atom. The van der Waals surface area contributed by atoms with Gasteiger partial charge in [-0.3, -0.25) is 4.79 Å². The lowest BCUT2D eigenvalue weighted by atomic mass is 10.4. The summed E-state index contributed by atoms with van der Waals surface area (Å²) in [7, 11) is 3.46. The van der Waals surface area contributed by atoms with E-state index in [4.69, 9.17) is 0 Å². The summed E-state index contributed by atoms with van der Waals surface area (Å²) in [4.78, 5) is 17.2. The molecule has 0 unspecified atom stereocenters. The van der Waals surface area contributed by atoms with Crippen molar-refractivity contribution in [2.75, 3.05) is 39.2 Å². The first-order valence-corrected chi connectivity index (χ1v) is 7.10. The topological polar surface area (TPSA) is 56.7 Å². The summed E-state index contributed by atoms with van der Waals surface area (Å²) in [6.07, 6.45) is 2.06. The molecular formula is C11H24N4OS. The van der Waals surface area contributed by atoms with Gasteiger partial charge in [-0.2, -0.15) is 11.8 Å². The van der Waals surface area contributed by atoms with Crippen molar-refractivity contribution >= 4 is 23.6 Å². The van der Waals surface area contributed by atoms with Crippen LogP contribution in [0.2, 0.25) is 0 Å². The first-order valence-electron chi connectivity index (χ1n) is 5.71. The van der Waals surface area contributed by atoms with E-state index < -0.39 is 0 Å². The molecule has 6 heteroatoms. The minimum atomic E-state index is -0.000257. The minimum absolute atomic E-state index is 0.000257. The second-order valence-electron chi connectivity index (χ2n) is 4.17. The fraction of sp³-hybridized carbons (Fsp3) is 0.818. The number of carbonyl (C=O) groups is 1. The van der Waals surface area contributed by atoms with Gasteiger partial charge >= 0.3 is 0 Å². The molecule has 0 rings (SSSR count). The average molecular weight is 260 g/mol. The second-order valence-corrected chi connectivity index (χ2v) is 5.16. The Morgan fingerprint density at radius 3 is 2.53 bits per heavy atom. The normalized spacial score (nSPS) is 11.5. The molecule has 0 saturated carbocycles. The molecular weight excluding hydrogens is 236 g/mol. The standard InChI is InChI=1S/C11H24N4OS/c1-9(2)14-11(12-6-7-17-5)13-8-10(16)15(3)4/h9H,6-8H2,1-5H3,(H2,12,13,14). The number of guanidine groups is 1. The molecule has 0 spiro atoms. The lowest BCUT2D eigenvalue weighted by molar-refractivity contribution is -0.127. The van der Waals surface area contributed by atoms with Crippen LogP contribution in [0.25, 0.3) is 0 Å². The van der Waals surface area contributed by atoms with Crippen molar-refractivity contribution in [2.24, 2.45) is 4.99 Å². The first-order chi connectivity index (χ1) is 7.97. The Bertz CT molecular complexity index is 254. The second kappa shape index (κ2) is 9.15. The molecule has 0 heterocycles. The van der Waals surface area contributed by atoms with Gasteiger partial charge in [0, 0.05) is 32.4 Å². The lowest BCUT2D eigenvalue weighted by Crippen LogP contribution is -2.42. The fourth-order valence-electron chi connectivity index (χ4n) is 0.986. The van der Waals surface area contributed by atoms with Crippen LogP contribution in [0.4, 0.5) is 0 Å². The molecule has 0 bridgehead atoms. The number of thioether (sulfide) groups is 1. The number of hydrogen-bond acceptors (Lipinski definition) is 3. The Morgan fingerprint density at radius 2 is 2.06 bits per heavy atom. The fourth-order valence-corrected chi connectivity index (χ4v) is 1.29. The summed E-state index contributed by atoms with van der Waals surface area (Å²) < 4.78 is 0. The third-order valence-electron chi connectivity index (χ3n) is 1.90. The van der Waals surface area contributed by atoms with Crippen LogP contribution < -0.4 is 10.6 Å². The molecule has 0 aromatic carbocycles. The number of amides is 1. The van der Waals surface area contributed by atoms with Crippen LogP contribution in [0.15, 0.2) is 4.99 Å². The van der Waals surface area contributed by atoms with Gasteiger partial charge in [0.2, 0.25) is 5.91 Å². The summed E-state index contributed by atoms with van der Waals surface area (Å²) in [5, 5.41) is 6.39. The van der Waals surface area contributed by atoms with Gasteiger partial charge in [-0.05, 0) is 20.1 Å². The molecule has 0 aliphatic carbocycles. The van der Waals surface area contributed by atoms with E-state index in [-0.39, 0.29) is 12.5 Å². The number of aliphatic imine (C=N–C) groups is 1. The van der Waals surface area contributed by atoms with E-state index in [0.717, 1.165) is 12.3 Å². The summed E-state index contributed by atoms with van der Waals surface area (Å²) in [6.45, 7) is 5.10. The number of rotatable bonds is 6. The quantitative estimate of drug-likeness (QED) is 0.412. The van der Waals surface area contributed by atoms with Gasteiger partial charge in [0.25, 0.3) is 0 Å². The van der Waals surface area contributed by atoms with Gasteiger partial charge in [-0.1, -0.05) is 0 Å². The van der Waals surface area contributed by atoms with Crippen LogP contribution in [0.1, 0.15) is 13.8 Å². The van der Waals surface area contributed by atoms with E-state index in [1.807, 2.05) is 13.8 Å². The van der Waals surface area contributed by atoms with E-state index in [1.54, 1.807) is 30.8 Å². The average Bonchev–Trinajstić information content (AvgIpc) is 2.24. The Kier molecular flexibility index (Phi) is 8.66. The zero-order valence-electron chi connectivity index (χ0n) is 11.4. The van der Waals surface area contributed by atoms with Crippen LogP contribution in [0.3, 0.4) is 0 Å². The molecule has 0 aromatic rings. The summed E-state index contributed by atoms with van der Waals surface area (Å²) >= 11 is 1.77. The first kappa shape index (κ1) is 16.1. The maximum Gasteiger partial charge on any atom is 0.243 e. The molecule has 0 aliphatic heterocycles. The molecule has 0 aliphatic rings. The maximum atomic E-state index is 11.4. The van der Waals surface area contributed by atoms with E-state index in [9.17, 15) is 4.79 Å². The molecule has 17 heavy (non-hydrogen) atoms. The number of hydrogen-bond donors (Lipinski definition) is 2. The third kappa shape index (κ3) is 8.85. The molecule has 0 saturated heterocycles. The molecule has 1 amide bonds. The summed E-state index contributed by atoms with van der Waals surface area (Å²) in [5.41, 5.74) is 0. The molecule has 100 valence electrons. The van der Waals surface area contributed by atoms with Gasteiger partial charge in [-0.15, -0.1) is 0 Å². The van der Waals surface area contributed by atoms with E-state index in [2.05, 4.69) is 21.9 Å². The SMILES string of the molecule is CSCCNC(=NCC(=O)N(C)C)NC(C)C. The van der Waals surface area contributed by atoms with Crippen LogP contribution >= 0.6 is 11.8 Å². The zero-order chi connectivity index (χ0) is 13.3. The Labute approximate surface area is 108 Å². The molecule has 0 aromatic heterocycles. The van der Waals surface area contributed by atoms with Crippen LogP contribution in [0, 0.1) is 0 Å². The monoisotopic (exact) mass is 260 g/mol. The van der Waals surface area contributed by atoms with E-state index in [1.165, 1.54) is 0 Å². The van der Waals surface area contributed by atoms with Crippen molar-refractivity contribution in [3.05, 3.63) is 0 Å². The maximum absolute atomic E-state index is 11.4. The van der Waals surface area contributed by atoms with Gasteiger partial charge in [0.15, 0.2) is 5.96 Å². The molecule has 0 fully saturated rings. The van der Waals surface area contributed by atoms with E-state index >= 15 is 0 Å². The highest BCUT2D eigenvalue weighted by Gasteiger charge is 2.04. The van der Waals surface area contributed by atoms with Crippen LogP contribution in [-0.4, -0.2) is 62.0 Å². The van der Waals surface area contributed by atoms with Crippen molar-refractivity contribution < 1.29 is 4.79 Å². The molecule has 2 N–H and O–H groups in total. The molecule has 0 radical (unpaired) electrons. The Hall–Kier alpha value is -0.910. The van der Waals surface area contributed by atoms with E-state index in [0.29, 0.717) is 12.0 Å². The van der Waals surface area contributed by atoms with Crippen molar-refractivity contribution in [1.29, 1.82) is 0 Å². The zero-order valence-corrected chi connectivity index (χ0v) is 12.2. The summed E-state index contributed by atoms with van der Waals surface area (Å²) in [5.74, 6) is 1.71. The Balaban J connectivity index is 4.24. The number of nitrogens with one attached hydrogen (secondary N) is 2. The predicted molar refractivity (Wildman–Crippen MR) is 75.7 cm³/mol. The number of likely N-dealkylation sites (N-methyl/N-ethyl adjacent to an activating group) is 1. The van der Waals surface area contributed by atoms with Crippen molar-refractivity contribution in [2.45, 2.75) is 19.9 Å². The van der Waals surface area contributed by atoms with Crippen molar-refractivity contribution in [3.8, 4) is 0 Å². The van der Waals surface area contributed by atoms with Crippen molar-refractivity contribution in [1.82, 2.24) is 15.5 Å². The van der Waals surface area contributed by atoms with Gasteiger partial charge < -0.3 is 15.5 Å². The van der Waals surface area contributed by atoms with Crippen LogP contribution in [0.5, 0.6) is 0 Å². The molecule has 5 nitrogen and oxygen atoms in total. The number of nitrogens with zero attached hydrogens (tertiary/aromatic N) is 2. The minimum Gasteiger partial charge on any atom is -0.356 e. The molecule has 0 atom stereocenters. The van der Waals surface area contributed by atoms with Crippen LogP contribution in [-0.2, 0) is 4.79 Å². The van der Waals surface area contributed by atoms with Gasteiger partial charge in [0.05, 0.1) is 0 Å². The lowest BCUT2D eigenvalue weighted by Gasteiger charge is -2.15. The van der Waals surface area contributed by atoms with Crippen molar-refractivity contribution in [3.63, 3.8) is 0 Å². The predicted octanol–water partition coefficient (Wildman–Crippen LogP) is 0.381. The summed E-state index contributed by atoms with van der Waals surface area (Å²) in [6, 6.07) is 0.296. The number of carbonyl (C=O) groups excluding carboxylic acids is 1. The highest BCUT2D eigenvalue weighted by Crippen LogP contribution is 1.88. The highest BCUT2D eigenvalue weighted by atomic mass is 32.2. The largest absolute Gasteiger partial charge is 0.356 e. The van der Waals surface area contributed by atoms with Gasteiger partial charge in [0.1, 0.15) is 6.54 Å². The van der Waals surface area contributed by atoms with Gasteiger partial charge in [-0.25, -0.2) is 4.99 Å². The smallest absolute Gasteiger partial charge is 0.243 e. The highest BCUT2D eigenvalue weighted by molar-refractivity contribution is 7.98.